The fraction of sp³-hybridized carbons (Fsp3) is 0.294. The molecule has 0 aliphatic heterocycles. The van der Waals surface area contributed by atoms with Crippen LogP contribution in [0, 0.1) is 0 Å². The van der Waals surface area contributed by atoms with E-state index in [0.717, 1.165) is 31.0 Å². The Kier molecular flexibility index (Phi) is 5.44. The molecule has 2 rings (SSSR count). The molecule has 1 N–H and O–H groups in total. The minimum atomic E-state index is 0.836. The highest BCUT2D eigenvalue weighted by Crippen LogP contribution is 2.22. The number of rotatable bonds is 7. The topological polar surface area (TPSA) is 30.5 Å². The second-order valence-electron chi connectivity index (χ2n) is 4.63. The molecule has 0 aliphatic carbocycles. The molecule has 20 heavy (non-hydrogen) atoms. The maximum Gasteiger partial charge on any atom is 0.122 e. The van der Waals surface area contributed by atoms with Crippen molar-refractivity contribution in [1.29, 1.82) is 0 Å². The first-order valence-electron chi connectivity index (χ1n) is 6.78. The SMILES string of the molecule is COc1cc(CCNCc2ccccc2)cc(OC)c1. The maximum absolute atomic E-state index is 5.27. The quantitative estimate of drug-likeness (QED) is 0.785. The van der Waals surface area contributed by atoms with E-state index in [0.29, 0.717) is 0 Å². The molecule has 0 aromatic heterocycles. The molecule has 0 saturated carbocycles. The van der Waals surface area contributed by atoms with Gasteiger partial charge in [0.1, 0.15) is 11.5 Å². The third kappa shape index (κ3) is 4.28. The number of benzene rings is 2. The Morgan fingerprint density at radius 3 is 2.10 bits per heavy atom. The van der Waals surface area contributed by atoms with Gasteiger partial charge in [0.15, 0.2) is 0 Å². The van der Waals surface area contributed by atoms with Crippen molar-refractivity contribution in [2.24, 2.45) is 0 Å². The van der Waals surface area contributed by atoms with Gasteiger partial charge in [-0.3, -0.25) is 0 Å². The van der Waals surface area contributed by atoms with E-state index >= 15 is 0 Å². The van der Waals surface area contributed by atoms with E-state index in [1.54, 1.807) is 14.2 Å². The zero-order chi connectivity index (χ0) is 14.2. The molecule has 0 bridgehead atoms. The Balaban J connectivity index is 1.84. The Morgan fingerprint density at radius 1 is 0.850 bits per heavy atom. The summed E-state index contributed by atoms with van der Waals surface area (Å²) >= 11 is 0. The molecule has 0 unspecified atom stereocenters. The van der Waals surface area contributed by atoms with Crippen LogP contribution in [0.3, 0.4) is 0 Å². The fourth-order valence-corrected chi connectivity index (χ4v) is 2.07. The molecule has 2 aromatic rings. The summed E-state index contributed by atoms with van der Waals surface area (Å²) in [7, 11) is 3.35. The zero-order valence-corrected chi connectivity index (χ0v) is 12.1. The predicted octanol–water partition coefficient (Wildman–Crippen LogP) is 3.04. The van der Waals surface area contributed by atoms with Crippen molar-refractivity contribution < 1.29 is 9.47 Å². The van der Waals surface area contributed by atoms with Gasteiger partial charge in [0.25, 0.3) is 0 Å². The second-order valence-corrected chi connectivity index (χ2v) is 4.63. The molecule has 3 nitrogen and oxygen atoms in total. The molecule has 0 amide bonds. The summed E-state index contributed by atoms with van der Waals surface area (Å²) in [6.45, 7) is 1.81. The summed E-state index contributed by atoms with van der Waals surface area (Å²) in [5, 5.41) is 3.44. The lowest BCUT2D eigenvalue weighted by molar-refractivity contribution is 0.393. The Bertz CT molecular complexity index is 504. The van der Waals surface area contributed by atoms with E-state index in [4.69, 9.17) is 9.47 Å². The monoisotopic (exact) mass is 271 g/mol. The summed E-state index contributed by atoms with van der Waals surface area (Å²) in [5.41, 5.74) is 2.51. The molecular weight excluding hydrogens is 250 g/mol. The Labute approximate surface area is 120 Å². The van der Waals surface area contributed by atoms with Crippen molar-refractivity contribution >= 4 is 0 Å². The highest BCUT2D eigenvalue weighted by atomic mass is 16.5. The molecule has 0 spiro atoms. The minimum Gasteiger partial charge on any atom is -0.497 e. The molecule has 0 radical (unpaired) electrons. The second kappa shape index (κ2) is 7.56. The van der Waals surface area contributed by atoms with Crippen molar-refractivity contribution in [3.05, 3.63) is 59.7 Å². The number of ether oxygens (including phenoxy) is 2. The lowest BCUT2D eigenvalue weighted by atomic mass is 10.1. The highest BCUT2D eigenvalue weighted by Gasteiger charge is 2.01. The summed E-state index contributed by atoms with van der Waals surface area (Å²) in [6, 6.07) is 16.4. The van der Waals surface area contributed by atoms with Crippen LogP contribution in [0.4, 0.5) is 0 Å². The predicted molar refractivity (Wildman–Crippen MR) is 81.4 cm³/mol. The largest absolute Gasteiger partial charge is 0.497 e. The van der Waals surface area contributed by atoms with E-state index in [1.807, 2.05) is 24.3 Å². The van der Waals surface area contributed by atoms with Crippen LogP contribution in [0.15, 0.2) is 48.5 Å². The molecule has 106 valence electrons. The van der Waals surface area contributed by atoms with Crippen LogP contribution >= 0.6 is 0 Å². The minimum absolute atomic E-state index is 0.836. The van der Waals surface area contributed by atoms with Crippen molar-refractivity contribution in [2.75, 3.05) is 20.8 Å². The molecule has 3 heteroatoms. The van der Waals surface area contributed by atoms with Gasteiger partial charge in [-0.25, -0.2) is 0 Å². The first-order valence-corrected chi connectivity index (χ1v) is 6.78. The van der Waals surface area contributed by atoms with Crippen molar-refractivity contribution in [3.8, 4) is 11.5 Å². The van der Waals surface area contributed by atoms with Gasteiger partial charge in [0, 0.05) is 12.6 Å². The normalized spacial score (nSPS) is 10.3. The van der Waals surface area contributed by atoms with Crippen molar-refractivity contribution in [3.63, 3.8) is 0 Å². The number of methoxy groups -OCH3 is 2. The third-order valence-corrected chi connectivity index (χ3v) is 3.17. The first kappa shape index (κ1) is 14.4. The fourth-order valence-electron chi connectivity index (χ4n) is 2.07. The van der Waals surface area contributed by atoms with E-state index in [2.05, 4.69) is 29.6 Å². The standard InChI is InChI=1S/C17H21NO2/c1-19-16-10-15(11-17(12-16)20-2)8-9-18-13-14-6-4-3-5-7-14/h3-7,10-12,18H,8-9,13H2,1-2H3. The van der Waals surface area contributed by atoms with Gasteiger partial charge in [0.2, 0.25) is 0 Å². The lowest BCUT2D eigenvalue weighted by Gasteiger charge is -2.09. The van der Waals surface area contributed by atoms with Crippen LogP contribution < -0.4 is 14.8 Å². The average molecular weight is 271 g/mol. The summed E-state index contributed by atoms with van der Waals surface area (Å²) in [4.78, 5) is 0. The molecule has 0 saturated heterocycles. The molecule has 0 atom stereocenters. The van der Waals surface area contributed by atoms with Gasteiger partial charge in [-0.1, -0.05) is 30.3 Å². The van der Waals surface area contributed by atoms with Crippen LogP contribution in [-0.4, -0.2) is 20.8 Å². The third-order valence-electron chi connectivity index (χ3n) is 3.17. The Hall–Kier alpha value is -2.00. The number of hydrogen-bond acceptors (Lipinski definition) is 3. The van der Waals surface area contributed by atoms with Gasteiger partial charge < -0.3 is 14.8 Å². The lowest BCUT2D eigenvalue weighted by Crippen LogP contribution is -2.16. The van der Waals surface area contributed by atoms with E-state index < -0.39 is 0 Å². The number of hydrogen-bond donors (Lipinski definition) is 1. The first-order chi connectivity index (χ1) is 9.81. The maximum atomic E-state index is 5.27. The molecule has 0 heterocycles. The van der Waals surface area contributed by atoms with Crippen LogP contribution in [0.1, 0.15) is 11.1 Å². The van der Waals surface area contributed by atoms with Crippen LogP contribution in [-0.2, 0) is 13.0 Å². The van der Waals surface area contributed by atoms with Crippen LogP contribution in [0.2, 0.25) is 0 Å². The van der Waals surface area contributed by atoms with Gasteiger partial charge in [-0.2, -0.15) is 0 Å². The molecule has 0 fully saturated rings. The summed E-state index contributed by atoms with van der Waals surface area (Å²) in [5.74, 6) is 1.67. The average Bonchev–Trinajstić information content (AvgIpc) is 2.52. The summed E-state index contributed by atoms with van der Waals surface area (Å²) < 4.78 is 10.5. The van der Waals surface area contributed by atoms with Crippen molar-refractivity contribution in [2.45, 2.75) is 13.0 Å². The zero-order valence-electron chi connectivity index (χ0n) is 12.1. The van der Waals surface area contributed by atoms with Gasteiger partial charge >= 0.3 is 0 Å². The van der Waals surface area contributed by atoms with Crippen molar-refractivity contribution in [1.82, 2.24) is 5.32 Å². The molecule has 0 aliphatic rings. The Morgan fingerprint density at radius 2 is 1.50 bits per heavy atom. The van der Waals surface area contributed by atoms with E-state index in [9.17, 15) is 0 Å². The van der Waals surface area contributed by atoms with Gasteiger partial charge in [-0.05, 0) is 36.2 Å². The van der Waals surface area contributed by atoms with E-state index in [-0.39, 0.29) is 0 Å². The van der Waals surface area contributed by atoms with E-state index in [1.165, 1.54) is 11.1 Å². The van der Waals surface area contributed by atoms with Gasteiger partial charge in [0.05, 0.1) is 14.2 Å². The molecule has 2 aromatic carbocycles. The van der Waals surface area contributed by atoms with Gasteiger partial charge in [-0.15, -0.1) is 0 Å². The summed E-state index contributed by atoms with van der Waals surface area (Å²) in [6.07, 6.45) is 0.945. The highest BCUT2D eigenvalue weighted by molar-refractivity contribution is 5.38. The van der Waals surface area contributed by atoms with Crippen LogP contribution in [0.5, 0.6) is 11.5 Å². The number of nitrogens with one attached hydrogen (secondary N) is 1. The molecular formula is C17H21NO2. The van der Waals surface area contributed by atoms with Crippen LogP contribution in [0.25, 0.3) is 0 Å². The smallest absolute Gasteiger partial charge is 0.122 e.